The van der Waals surface area contributed by atoms with Crippen LogP contribution >= 0.6 is 11.3 Å². The second kappa shape index (κ2) is 8.26. The summed E-state index contributed by atoms with van der Waals surface area (Å²) in [7, 11) is 3.87. The number of hydrogen-bond donors (Lipinski definition) is 1. The van der Waals surface area contributed by atoms with Crippen molar-refractivity contribution in [2.24, 2.45) is 0 Å². The minimum Gasteiger partial charge on any atom is -0.468 e. The van der Waals surface area contributed by atoms with E-state index >= 15 is 0 Å². The molecule has 1 N–H and O–H groups in total. The van der Waals surface area contributed by atoms with E-state index in [-0.39, 0.29) is 30.6 Å². The monoisotopic (exact) mass is 348 g/mol. The van der Waals surface area contributed by atoms with Crippen LogP contribution in [-0.4, -0.2) is 37.2 Å². The average Bonchev–Trinajstić information content (AvgIpc) is 3.14. The van der Waals surface area contributed by atoms with Crippen LogP contribution in [0.1, 0.15) is 44.8 Å². The van der Waals surface area contributed by atoms with Crippen LogP contribution in [0.5, 0.6) is 0 Å². The number of nitrogens with zero attached hydrogens (tertiary/aromatic N) is 1. The number of carbonyl (C=O) groups is 2. The molecule has 5 nitrogen and oxygen atoms in total. The minimum absolute atomic E-state index is 0.0265. The molecule has 0 saturated heterocycles. The van der Waals surface area contributed by atoms with Crippen LogP contribution in [0.3, 0.4) is 0 Å². The Balaban J connectivity index is 1.82. The predicted molar refractivity (Wildman–Crippen MR) is 95.5 cm³/mol. The molecular weight excluding hydrogens is 324 g/mol. The molecule has 0 saturated carbocycles. The van der Waals surface area contributed by atoms with Crippen LogP contribution in [0.4, 0.5) is 0 Å². The number of hydrogen-bond acceptors (Lipinski definition) is 5. The lowest BCUT2D eigenvalue weighted by Crippen LogP contribution is -2.34. The predicted octanol–water partition coefficient (Wildman–Crippen LogP) is 3.34. The van der Waals surface area contributed by atoms with Crippen LogP contribution < -0.4 is 5.32 Å². The first-order valence-electron chi connectivity index (χ1n) is 7.95. The number of rotatable bonds is 8. The third-order valence-corrected chi connectivity index (χ3v) is 4.87. The molecular formula is C18H24N2O3S. The number of nitrogens with one attached hydrogen (secondary N) is 1. The number of Topliss-reactive ketones (excluding diaryl/α,β-unsaturated/α-hetero) is 1. The van der Waals surface area contributed by atoms with Crippen LogP contribution in [0, 0.1) is 13.8 Å². The van der Waals surface area contributed by atoms with Gasteiger partial charge >= 0.3 is 0 Å². The standard InChI is InChI=1S/C18H24N2O3S/c1-12-10-14(13(2)24-12)16(21)7-8-18(22)19-11-15(20(3)4)17-6-5-9-23-17/h5-6,9-10,15H,7-8,11H2,1-4H3,(H,19,22). The number of aryl methyl sites for hydroxylation is 2. The van der Waals surface area contributed by atoms with Crippen molar-refractivity contribution in [2.45, 2.75) is 32.7 Å². The molecule has 0 radical (unpaired) electrons. The first-order chi connectivity index (χ1) is 11.4. The van der Waals surface area contributed by atoms with Crippen LogP contribution in [0.2, 0.25) is 0 Å². The van der Waals surface area contributed by atoms with Gasteiger partial charge in [0, 0.05) is 34.7 Å². The first-order valence-corrected chi connectivity index (χ1v) is 8.77. The van der Waals surface area contributed by atoms with Gasteiger partial charge in [-0.3, -0.25) is 14.5 Å². The lowest BCUT2D eigenvalue weighted by atomic mass is 10.1. The highest BCUT2D eigenvalue weighted by atomic mass is 32.1. The summed E-state index contributed by atoms with van der Waals surface area (Å²) in [4.78, 5) is 28.4. The number of carbonyl (C=O) groups excluding carboxylic acids is 2. The maximum Gasteiger partial charge on any atom is 0.220 e. The number of likely N-dealkylation sites (N-methyl/N-ethyl adjacent to an activating group) is 1. The molecule has 2 rings (SSSR count). The van der Waals surface area contributed by atoms with E-state index in [1.165, 1.54) is 0 Å². The van der Waals surface area contributed by atoms with E-state index in [1.54, 1.807) is 17.6 Å². The Morgan fingerprint density at radius 3 is 2.58 bits per heavy atom. The maximum absolute atomic E-state index is 12.2. The van der Waals surface area contributed by atoms with Crippen molar-refractivity contribution >= 4 is 23.0 Å². The molecule has 130 valence electrons. The third-order valence-electron chi connectivity index (χ3n) is 3.91. The van der Waals surface area contributed by atoms with Gasteiger partial charge in [-0.1, -0.05) is 0 Å². The van der Waals surface area contributed by atoms with Crippen molar-refractivity contribution in [2.75, 3.05) is 20.6 Å². The van der Waals surface area contributed by atoms with Crippen LogP contribution in [0.15, 0.2) is 28.9 Å². The van der Waals surface area contributed by atoms with E-state index in [9.17, 15) is 9.59 Å². The summed E-state index contributed by atoms with van der Waals surface area (Å²) in [6.45, 7) is 4.37. The Bertz CT molecular complexity index is 689. The molecule has 0 aromatic carbocycles. The smallest absolute Gasteiger partial charge is 0.220 e. The molecule has 1 unspecified atom stereocenters. The Morgan fingerprint density at radius 2 is 2.04 bits per heavy atom. The van der Waals surface area contributed by atoms with Gasteiger partial charge in [0.05, 0.1) is 12.3 Å². The van der Waals surface area contributed by atoms with Crippen molar-refractivity contribution in [3.8, 4) is 0 Å². The van der Waals surface area contributed by atoms with E-state index < -0.39 is 0 Å². The zero-order chi connectivity index (χ0) is 17.7. The van der Waals surface area contributed by atoms with Gasteiger partial charge < -0.3 is 9.73 Å². The molecule has 0 aliphatic carbocycles. The molecule has 2 heterocycles. The average molecular weight is 348 g/mol. The van der Waals surface area contributed by atoms with Crippen molar-refractivity contribution in [3.05, 3.63) is 45.5 Å². The van der Waals surface area contributed by atoms with E-state index in [2.05, 4.69) is 5.32 Å². The SMILES string of the molecule is Cc1cc(C(=O)CCC(=O)NCC(c2ccco2)N(C)C)c(C)s1. The second-order valence-corrected chi connectivity index (χ2v) is 7.51. The summed E-state index contributed by atoms with van der Waals surface area (Å²) < 4.78 is 5.41. The van der Waals surface area contributed by atoms with Gasteiger partial charge in [-0.25, -0.2) is 0 Å². The lowest BCUT2D eigenvalue weighted by Gasteiger charge is -2.22. The molecule has 24 heavy (non-hydrogen) atoms. The Kier molecular flexibility index (Phi) is 6.34. The van der Waals surface area contributed by atoms with Crippen LogP contribution in [-0.2, 0) is 4.79 Å². The molecule has 6 heteroatoms. The second-order valence-electron chi connectivity index (χ2n) is 6.05. The first kappa shape index (κ1) is 18.4. The fourth-order valence-corrected chi connectivity index (χ4v) is 3.53. The zero-order valence-corrected chi connectivity index (χ0v) is 15.4. The molecule has 1 atom stereocenters. The summed E-state index contributed by atoms with van der Waals surface area (Å²) in [5, 5.41) is 2.89. The van der Waals surface area contributed by atoms with Gasteiger partial charge in [0.15, 0.2) is 5.78 Å². The van der Waals surface area contributed by atoms with Gasteiger partial charge in [0.2, 0.25) is 5.91 Å². The van der Waals surface area contributed by atoms with Crippen molar-refractivity contribution in [1.82, 2.24) is 10.2 Å². The van der Waals surface area contributed by atoms with E-state index in [1.807, 2.05) is 51.0 Å². The van der Waals surface area contributed by atoms with E-state index in [0.717, 1.165) is 21.1 Å². The number of ketones is 1. The molecule has 1 amide bonds. The number of thiophene rings is 1. The summed E-state index contributed by atoms with van der Waals surface area (Å²) in [5.41, 5.74) is 0.743. The molecule has 0 aliphatic rings. The van der Waals surface area contributed by atoms with Gasteiger partial charge in [0.25, 0.3) is 0 Å². The summed E-state index contributed by atoms with van der Waals surface area (Å²) >= 11 is 1.61. The number of furan rings is 1. The Morgan fingerprint density at radius 1 is 1.29 bits per heavy atom. The normalized spacial score (nSPS) is 12.4. The highest BCUT2D eigenvalue weighted by Crippen LogP contribution is 2.22. The van der Waals surface area contributed by atoms with Crippen molar-refractivity contribution in [3.63, 3.8) is 0 Å². The maximum atomic E-state index is 12.2. The van der Waals surface area contributed by atoms with E-state index in [4.69, 9.17) is 4.42 Å². The van der Waals surface area contributed by atoms with Gasteiger partial charge in [-0.05, 0) is 46.1 Å². The highest BCUT2D eigenvalue weighted by molar-refractivity contribution is 7.12. The summed E-state index contributed by atoms with van der Waals surface area (Å²) in [6, 6.07) is 5.60. The topological polar surface area (TPSA) is 62.6 Å². The van der Waals surface area contributed by atoms with Crippen molar-refractivity contribution < 1.29 is 14.0 Å². The van der Waals surface area contributed by atoms with Gasteiger partial charge in [0.1, 0.15) is 5.76 Å². The highest BCUT2D eigenvalue weighted by Gasteiger charge is 2.18. The van der Waals surface area contributed by atoms with Crippen LogP contribution in [0.25, 0.3) is 0 Å². The summed E-state index contributed by atoms with van der Waals surface area (Å²) in [6.07, 6.45) is 2.05. The largest absolute Gasteiger partial charge is 0.468 e. The quantitative estimate of drug-likeness (QED) is 0.743. The zero-order valence-electron chi connectivity index (χ0n) is 14.6. The Labute approximate surface area is 146 Å². The molecule has 0 aliphatic heterocycles. The third kappa shape index (κ3) is 4.79. The molecule has 2 aromatic heterocycles. The molecule has 0 fully saturated rings. The summed E-state index contributed by atoms with van der Waals surface area (Å²) in [5.74, 6) is 0.717. The van der Waals surface area contributed by atoms with Gasteiger partial charge in [-0.15, -0.1) is 11.3 Å². The molecule has 2 aromatic rings. The molecule has 0 bridgehead atoms. The van der Waals surface area contributed by atoms with Gasteiger partial charge in [-0.2, -0.15) is 0 Å². The lowest BCUT2D eigenvalue weighted by molar-refractivity contribution is -0.121. The fourth-order valence-electron chi connectivity index (χ4n) is 2.59. The molecule has 0 spiro atoms. The van der Waals surface area contributed by atoms with E-state index in [0.29, 0.717) is 6.54 Å². The number of amides is 1. The van der Waals surface area contributed by atoms with Crippen molar-refractivity contribution in [1.29, 1.82) is 0 Å². The minimum atomic E-state index is -0.119. The Hall–Kier alpha value is -1.92. The fraction of sp³-hybridized carbons (Fsp3) is 0.444.